The highest BCUT2D eigenvalue weighted by Crippen LogP contribution is 2.41. The second-order valence-corrected chi connectivity index (χ2v) is 5.57. The molecule has 0 spiro atoms. The van der Waals surface area contributed by atoms with Crippen LogP contribution in [0.1, 0.15) is 56.2 Å². The normalized spacial score (nSPS) is 15.2. The molecule has 0 unspecified atom stereocenters. The number of carbonyl (C=O) groups is 1. The molecule has 2 rings (SSSR count). The van der Waals surface area contributed by atoms with E-state index in [2.05, 4.69) is 29.5 Å². The van der Waals surface area contributed by atoms with E-state index in [0.29, 0.717) is 12.5 Å². The Morgan fingerprint density at radius 2 is 2.24 bits per heavy atom. The van der Waals surface area contributed by atoms with E-state index in [-0.39, 0.29) is 11.8 Å². The van der Waals surface area contributed by atoms with E-state index >= 15 is 0 Å². The van der Waals surface area contributed by atoms with Gasteiger partial charge in [-0.15, -0.1) is 11.3 Å². The summed E-state index contributed by atoms with van der Waals surface area (Å²) in [5, 5.41) is 6.30. The molecule has 3 nitrogen and oxygen atoms in total. The SMILES string of the molecule is CCC(CC)C(=O)NCc1csc(C2CC2)n1. The number of thiazole rings is 1. The molecule has 1 aromatic heterocycles. The van der Waals surface area contributed by atoms with Crippen LogP contribution in [0.2, 0.25) is 0 Å². The molecule has 0 atom stereocenters. The summed E-state index contributed by atoms with van der Waals surface area (Å²) >= 11 is 1.73. The summed E-state index contributed by atoms with van der Waals surface area (Å²) < 4.78 is 0. The fourth-order valence-electron chi connectivity index (χ4n) is 1.90. The van der Waals surface area contributed by atoms with Gasteiger partial charge in [-0.2, -0.15) is 0 Å². The number of rotatable bonds is 6. The maximum absolute atomic E-state index is 11.8. The highest BCUT2D eigenvalue weighted by Gasteiger charge is 2.26. The van der Waals surface area contributed by atoms with Gasteiger partial charge in [0.1, 0.15) is 0 Å². The number of amides is 1. The molecule has 0 saturated heterocycles. The number of nitrogens with zero attached hydrogens (tertiary/aromatic N) is 1. The highest BCUT2D eigenvalue weighted by molar-refractivity contribution is 7.09. The Balaban J connectivity index is 1.82. The molecule has 1 aliphatic carbocycles. The molecule has 0 bridgehead atoms. The van der Waals surface area contributed by atoms with Gasteiger partial charge in [-0.25, -0.2) is 4.98 Å². The maximum atomic E-state index is 11.8. The molecule has 4 heteroatoms. The van der Waals surface area contributed by atoms with Crippen molar-refractivity contribution in [2.24, 2.45) is 5.92 Å². The lowest BCUT2D eigenvalue weighted by molar-refractivity contribution is -0.125. The van der Waals surface area contributed by atoms with Crippen molar-refractivity contribution in [3.05, 3.63) is 16.1 Å². The van der Waals surface area contributed by atoms with E-state index in [9.17, 15) is 4.79 Å². The molecule has 1 heterocycles. The van der Waals surface area contributed by atoms with Crippen molar-refractivity contribution in [2.75, 3.05) is 0 Å². The van der Waals surface area contributed by atoms with Gasteiger partial charge in [0, 0.05) is 17.2 Å². The monoisotopic (exact) mass is 252 g/mol. The molecule has 1 fully saturated rings. The van der Waals surface area contributed by atoms with Gasteiger partial charge in [0.25, 0.3) is 0 Å². The van der Waals surface area contributed by atoms with Crippen LogP contribution < -0.4 is 5.32 Å². The molecule has 1 saturated carbocycles. The van der Waals surface area contributed by atoms with E-state index in [4.69, 9.17) is 0 Å². The molecule has 0 radical (unpaired) electrons. The Hall–Kier alpha value is -0.900. The van der Waals surface area contributed by atoms with Crippen LogP contribution in [-0.4, -0.2) is 10.9 Å². The van der Waals surface area contributed by atoms with Crippen LogP contribution in [0.3, 0.4) is 0 Å². The van der Waals surface area contributed by atoms with Crippen LogP contribution in [0.15, 0.2) is 5.38 Å². The molecular weight excluding hydrogens is 232 g/mol. The molecule has 1 aromatic rings. The van der Waals surface area contributed by atoms with Crippen LogP contribution in [-0.2, 0) is 11.3 Å². The predicted octanol–water partition coefficient (Wildman–Crippen LogP) is 3.07. The lowest BCUT2D eigenvalue weighted by Crippen LogP contribution is -2.29. The maximum Gasteiger partial charge on any atom is 0.223 e. The zero-order valence-corrected chi connectivity index (χ0v) is 11.3. The van der Waals surface area contributed by atoms with E-state index in [0.717, 1.165) is 18.5 Å². The van der Waals surface area contributed by atoms with Crippen molar-refractivity contribution in [1.29, 1.82) is 0 Å². The smallest absolute Gasteiger partial charge is 0.223 e. The summed E-state index contributed by atoms with van der Waals surface area (Å²) in [6.07, 6.45) is 4.39. The van der Waals surface area contributed by atoms with Gasteiger partial charge < -0.3 is 5.32 Å². The van der Waals surface area contributed by atoms with E-state index in [1.54, 1.807) is 11.3 Å². The van der Waals surface area contributed by atoms with E-state index in [1.165, 1.54) is 17.8 Å². The molecule has 0 aromatic carbocycles. The largest absolute Gasteiger partial charge is 0.350 e. The molecular formula is C13H20N2OS. The Morgan fingerprint density at radius 1 is 1.53 bits per heavy atom. The van der Waals surface area contributed by atoms with Gasteiger partial charge in [0.05, 0.1) is 17.2 Å². The molecule has 0 aliphatic heterocycles. The minimum Gasteiger partial charge on any atom is -0.350 e. The van der Waals surface area contributed by atoms with Gasteiger partial charge in [-0.05, 0) is 25.7 Å². The van der Waals surface area contributed by atoms with Crippen molar-refractivity contribution in [3.63, 3.8) is 0 Å². The summed E-state index contributed by atoms with van der Waals surface area (Å²) in [4.78, 5) is 16.4. The zero-order chi connectivity index (χ0) is 12.3. The fraction of sp³-hybridized carbons (Fsp3) is 0.692. The summed E-state index contributed by atoms with van der Waals surface area (Å²) in [6.45, 7) is 4.70. The lowest BCUT2D eigenvalue weighted by Gasteiger charge is -2.11. The number of hydrogen-bond acceptors (Lipinski definition) is 3. The van der Waals surface area contributed by atoms with Gasteiger partial charge >= 0.3 is 0 Å². The van der Waals surface area contributed by atoms with Crippen molar-refractivity contribution in [2.45, 2.75) is 52.0 Å². The second-order valence-electron chi connectivity index (χ2n) is 4.68. The second kappa shape index (κ2) is 5.63. The highest BCUT2D eigenvalue weighted by atomic mass is 32.1. The standard InChI is InChI=1S/C13H20N2OS/c1-3-9(4-2)12(16)14-7-11-8-17-13(15-11)10-5-6-10/h8-10H,3-7H2,1-2H3,(H,14,16). The quantitative estimate of drug-likeness (QED) is 0.845. The molecule has 94 valence electrons. The first-order chi connectivity index (χ1) is 8.24. The number of aromatic nitrogens is 1. The summed E-state index contributed by atoms with van der Waals surface area (Å²) in [6, 6.07) is 0. The Morgan fingerprint density at radius 3 is 2.82 bits per heavy atom. The van der Waals surface area contributed by atoms with Crippen molar-refractivity contribution < 1.29 is 4.79 Å². The van der Waals surface area contributed by atoms with Gasteiger partial charge in [0.2, 0.25) is 5.91 Å². The Bertz CT molecular complexity index is 381. The average Bonchev–Trinajstić information content (AvgIpc) is 3.08. The molecule has 1 amide bonds. The number of hydrogen-bond donors (Lipinski definition) is 1. The number of nitrogens with one attached hydrogen (secondary N) is 1. The van der Waals surface area contributed by atoms with Crippen molar-refractivity contribution in [1.82, 2.24) is 10.3 Å². The molecule has 1 N–H and O–H groups in total. The summed E-state index contributed by atoms with van der Waals surface area (Å²) in [7, 11) is 0. The topological polar surface area (TPSA) is 42.0 Å². The first-order valence-electron chi connectivity index (χ1n) is 6.46. The van der Waals surface area contributed by atoms with Crippen molar-refractivity contribution in [3.8, 4) is 0 Å². The lowest BCUT2D eigenvalue weighted by atomic mass is 10.0. The van der Waals surface area contributed by atoms with Crippen LogP contribution in [0, 0.1) is 5.92 Å². The predicted molar refractivity (Wildman–Crippen MR) is 70.0 cm³/mol. The van der Waals surface area contributed by atoms with Crippen LogP contribution in [0.4, 0.5) is 0 Å². The average molecular weight is 252 g/mol. The number of carbonyl (C=O) groups excluding carboxylic acids is 1. The zero-order valence-electron chi connectivity index (χ0n) is 10.5. The van der Waals surface area contributed by atoms with Crippen molar-refractivity contribution >= 4 is 17.2 Å². The van der Waals surface area contributed by atoms with Crippen LogP contribution >= 0.6 is 11.3 Å². The van der Waals surface area contributed by atoms with Gasteiger partial charge in [0.15, 0.2) is 0 Å². The minimum absolute atomic E-state index is 0.150. The van der Waals surface area contributed by atoms with E-state index < -0.39 is 0 Å². The minimum atomic E-state index is 0.150. The van der Waals surface area contributed by atoms with E-state index in [1.807, 2.05) is 0 Å². The third-order valence-corrected chi connectivity index (χ3v) is 4.35. The fourth-order valence-corrected chi connectivity index (χ4v) is 2.89. The third kappa shape index (κ3) is 3.28. The molecule has 1 aliphatic rings. The summed E-state index contributed by atoms with van der Waals surface area (Å²) in [5.41, 5.74) is 1.01. The van der Waals surface area contributed by atoms with Gasteiger partial charge in [-0.1, -0.05) is 13.8 Å². The first kappa shape index (κ1) is 12.6. The summed E-state index contributed by atoms with van der Waals surface area (Å²) in [5.74, 6) is 1.02. The van der Waals surface area contributed by atoms with Crippen LogP contribution in [0.5, 0.6) is 0 Å². The molecule has 17 heavy (non-hydrogen) atoms. The van der Waals surface area contributed by atoms with Crippen LogP contribution in [0.25, 0.3) is 0 Å². The van der Waals surface area contributed by atoms with Gasteiger partial charge in [-0.3, -0.25) is 4.79 Å². The first-order valence-corrected chi connectivity index (χ1v) is 7.34. The Labute approximate surface area is 107 Å². The Kier molecular flexibility index (Phi) is 4.15. The third-order valence-electron chi connectivity index (χ3n) is 3.30.